The maximum atomic E-state index is 13.7. The summed E-state index contributed by atoms with van der Waals surface area (Å²) in [7, 11) is 0. The minimum atomic E-state index is -0.150. The van der Waals surface area contributed by atoms with Crippen LogP contribution in [0.3, 0.4) is 0 Å². The molecule has 0 fully saturated rings. The molecular formula is C15H16FN. The van der Waals surface area contributed by atoms with Crippen molar-refractivity contribution < 1.29 is 4.39 Å². The highest BCUT2D eigenvalue weighted by Crippen LogP contribution is 2.24. The highest BCUT2D eigenvalue weighted by atomic mass is 19.1. The summed E-state index contributed by atoms with van der Waals surface area (Å²) in [6.45, 7) is 2.05. The van der Waals surface area contributed by atoms with Gasteiger partial charge in [0.25, 0.3) is 0 Å². The SMILES string of the molecule is CCC(Nc1ccccc1)c1ccccc1F. The number of para-hydroxylation sites is 1. The van der Waals surface area contributed by atoms with Crippen LogP contribution < -0.4 is 5.32 Å². The molecule has 1 atom stereocenters. The van der Waals surface area contributed by atoms with Crippen molar-refractivity contribution in [2.24, 2.45) is 0 Å². The lowest BCUT2D eigenvalue weighted by Crippen LogP contribution is -2.11. The van der Waals surface area contributed by atoms with E-state index >= 15 is 0 Å². The van der Waals surface area contributed by atoms with E-state index in [-0.39, 0.29) is 11.9 Å². The van der Waals surface area contributed by atoms with E-state index in [0.717, 1.165) is 17.7 Å². The van der Waals surface area contributed by atoms with E-state index in [1.807, 2.05) is 49.4 Å². The van der Waals surface area contributed by atoms with Crippen molar-refractivity contribution in [1.82, 2.24) is 0 Å². The Labute approximate surface area is 101 Å². The molecule has 88 valence electrons. The van der Waals surface area contributed by atoms with Crippen molar-refractivity contribution in [3.05, 3.63) is 66.0 Å². The van der Waals surface area contributed by atoms with Gasteiger partial charge in [0.2, 0.25) is 0 Å². The number of anilines is 1. The monoisotopic (exact) mass is 229 g/mol. The van der Waals surface area contributed by atoms with Crippen molar-refractivity contribution in [2.45, 2.75) is 19.4 Å². The molecule has 0 amide bonds. The van der Waals surface area contributed by atoms with Gasteiger partial charge in [-0.25, -0.2) is 4.39 Å². The Hall–Kier alpha value is -1.83. The summed E-state index contributed by atoms with van der Waals surface area (Å²) in [4.78, 5) is 0. The van der Waals surface area contributed by atoms with Crippen molar-refractivity contribution in [3.63, 3.8) is 0 Å². The first-order valence-electron chi connectivity index (χ1n) is 5.87. The molecular weight excluding hydrogens is 213 g/mol. The summed E-state index contributed by atoms with van der Waals surface area (Å²) in [5, 5.41) is 3.35. The molecule has 0 aliphatic carbocycles. The minimum Gasteiger partial charge on any atom is -0.378 e. The molecule has 1 unspecified atom stereocenters. The van der Waals surface area contributed by atoms with Crippen LogP contribution >= 0.6 is 0 Å². The van der Waals surface area contributed by atoms with Crippen LogP contribution in [-0.4, -0.2) is 0 Å². The lowest BCUT2D eigenvalue weighted by atomic mass is 10.0. The molecule has 0 aromatic heterocycles. The molecule has 0 saturated carbocycles. The third-order valence-electron chi connectivity index (χ3n) is 2.80. The van der Waals surface area contributed by atoms with E-state index in [1.54, 1.807) is 6.07 Å². The van der Waals surface area contributed by atoms with Crippen LogP contribution in [0.25, 0.3) is 0 Å². The summed E-state index contributed by atoms with van der Waals surface area (Å²) < 4.78 is 13.7. The number of nitrogens with one attached hydrogen (secondary N) is 1. The minimum absolute atomic E-state index is 0.0126. The standard InChI is InChI=1S/C15H16FN/c1-2-15(13-10-6-7-11-14(13)16)17-12-8-4-3-5-9-12/h3-11,15,17H,2H2,1H3. The Bertz CT molecular complexity index is 467. The highest BCUT2D eigenvalue weighted by molar-refractivity contribution is 5.45. The maximum absolute atomic E-state index is 13.7. The molecule has 0 spiro atoms. The van der Waals surface area contributed by atoms with E-state index < -0.39 is 0 Å². The van der Waals surface area contributed by atoms with E-state index in [9.17, 15) is 4.39 Å². The van der Waals surface area contributed by atoms with Gasteiger partial charge in [-0.15, -0.1) is 0 Å². The lowest BCUT2D eigenvalue weighted by Gasteiger charge is -2.19. The topological polar surface area (TPSA) is 12.0 Å². The molecule has 0 aliphatic rings. The van der Waals surface area contributed by atoms with Crippen LogP contribution in [-0.2, 0) is 0 Å². The molecule has 0 bridgehead atoms. The first-order valence-corrected chi connectivity index (χ1v) is 5.87. The summed E-state index contributed by atoms with van der Waals surface area (Å²) in [6.07, 6.45) is 0.843. The fourth-order valence-electron chi connectivity index (χ4n) is 1.89. The van der Waals surface area contributed by atoms with Gasteiger partial charge >= 0.3 is 0 Å². The second-order valence-electron chi connectivity index (χ2n) is 3.99. The average molecular weight is 229 g/mol. The van der Waals surface area contributed by atoms with Crippen LogP contribution in [0.1, 0.15) is 24.9 Å². The Balaban J connectivity index is 2.21. The zero-order valence-corrected chi connectivity index (χ0v) is 9.86. The maximum Gasteiger partial charge on any atom is 0.128 e. The van der Waals surface area contributed by atoms with Crippen molar-refractivity contribution in [2.75, 3.05) is 5.32 Å². The molecule has 17 heavy (non-hydrogen) atoms. The molecule has 2 aromatic carbocycles. The normalized spacial score (nSPS) is 12.1. The van der Waals surface area contributed by atoms with Crippen molar-refractivity contribution >= 4 is 5.69 Å². The molecule has 1 nitrogen and oxygen atoms in total. The second kappa shape index (κ2) is 5.48. The van der Waals surface area contributed by atoms with Gasteiger partial charge < -0.3 is 5.32 Å². The molecule has 2 rings (SSSR count). The summed E-state index contributed by atoms with van der Waals surface area (Å²) in [6, 6.07) is 16.8. The summed E-state index contributed by atoms with van der Waals surface area (Å²) >= 11 is 0. The van der Waals surface area contributed by atoms with Gasteiger partial charge in [0, 0.05) is 11.3 Å². The highest BCUT2D eigenvalue weighted by Gasteiger charge is 2.12. The smallest absolute Gasteiger partial charge is 0.128 e. The van der Waals surface area contributed by atoms with Crippen LogP contribution in [0.4, 0.5) is 10.1 Å². The molecule has 0 heterocycles. The number of hydrogen-bond donors (Lipinski definition) is 1. The van der Waals surface area contributed by atoms with Crippen LogP contribution in [0.2, 0.25) is 0 Å². The second-order valence-corrected chi connectivity index (χ2v) is 3.99. The Morgan fingerprint density at radius 3 is 2.29 bits per heavy atom. The summed E-state index contributed by atoms with van der Waals surface area (Å²) in [5.74, 6) is -0.150. The van der Waals surface area contributed by atoms with E-state index in [4.69, 9.17) is 0 Å². The third-order valence-corrected chi connectivity index (χ3v) is 2.80. The van der Waals surface area contributed by atoms with Crippen LogP contribution in [0.15, 0.2) is 54.6 Å². The summed E-state index contributed by atoms with van der Waals surface area (Å²) in [5.41, 5.74) is 1.74. The first-order chi connectivity index (χ1) is 8.31. The zero-order valence-electron chi connectivity index (χ0n) is 9.86. The number of rotatable bonds is 4. The predicted molar refractivity (Wildman–Crippen MR) is 69.5 cm³/mol. The fraction of sp³-hybridized carbons (Fsp3) is 0.200. The van der Waals surface area contributed by atoms with Gasteiger partial charge in [0.05, 0.1) is 6.04 Å². The Morgan fingerprint density at radius 2 is 1.65 bits per heavy atom. The molecule has 2 heteroatoms. The van der Waals surface area contributed by atoms with Gasteiger partial charge in [-0.2, -0.15) is 0 Å². The molecule has 0 radical (unpaired) electrons. The molecule has 0 aliphatic heterocycles. The number of halogens is 1. The van der Waals surface area contributed by atoms with Gasteiger partial charge in [-0.05, 0) is 24.6 Å². The average Bonchev–Trinajstić information content (AvgIpc) is 2.38. The quantitative estimate of drug-likeness (QED) is 0.819. The van der Waals surface area contributed by atoms with Crippen molar-refractivity contribution in [1.29, 1.82) is 0 Å². The molecule has 2 aromatic rings. The van der Waals surface area contributed by atoms with Gasteiger partial charge in [0.15, 0.2) is 0 Å². The Kier molecular flexibility index (Phi) is 3.76. The fourth-order valence-corrected chi connectivity index (χ4v) is 1.89. The lowest BCUT2D eigenvalue weighted by molar-refractivity contribution is 0.587. The Morgan fingerprint density at radius 1 is 1.00 bits per heavy atom. The van der Waals surface area contributed by atoms with E-state index in [2.05, 4.69) is 5.32 Å². The molecule has 1 N–H and O–H groups in total. The van der Waals surface area contributed by atoms with Crippen LogP contribution in [0.5, 0.6) is 0 Å². The van der Waals surface area contributed by atoms with Gasteiger partial charge in [-0.3, -0.25) is 0 Å². The number of benzene rings is 2. The van der Waals surface area contributed by atoms with E-state index in [0.29, 0.717) is 0 Å². The largest absolute Gasteiger partial charge is 0.378 e. The van der Waals surface area contributed by atoms with Crippen molar-refractivity contribution in [3.8, 4) is 0 Å². The van der Waals surface area contributed by atoms with Gasteiger partial charge in [-0.1, -0.05) is 43.3 Å². The predicted octanol–water partition coefficient (Wildman–Crippen LogP) is 4.39. The van der Waals surface area contributed by atoms with E-state index in [1.165, 1.54) is 6.07 Å². The molecule has 0 saturated heterocycles. The first kappa shape index (κ1) is 11.6. The van der Waals surface area contributed by atoms with Gasteiger partial charge in [0.1, 0.15) is 5.82 Å². The third kappa shape index (κ3) is 2.84. The number of hydrogen-bond acceptors (Lipinski definition) is 1. The van der Waals surface area contributed by atoms with Crippen LogP contribution in [0, 0.1) is 5.82 Å². The zero-order chi connectivity index (χ0) is 12.1.